The van der Waals surface area contributed by atoms with Crippen LogP contribution in [0, 0.1) is 0 Å². The van der Waals surface area contributed by atoms with Crippen molar-refractivity contribution in [2.45, 2.75) is 51.9 Å². The summed E-state index contributed by atoms with van der Waals surface area (Å²) in [5.41, 5.74) is 3.98. The summed E-state index contributed by atoms with van der Waals surface area (Å²) in [5.74, 6) is 0.797. The Kier molecular flexibility index (Phi) is 8.67. The summed E-state index contributed by atoms with van der Waals surface area (Å²) in [5, 5.41) is 3.93. The number of hydrogen-bond acceptors (Lipinski definition) is 2. The zero-order valence-corrected chi connectivity index (χ0v) is 23.6. The molecule has 1 unspecified atom stereocenters. The molecule has 0 bridgehead atoms. The van der Waals surface area contributed by atoms with Gasteiger partial charge in [0.05, 0.1) is 11.1 Å². The van der Waals surface area contributed by atoms with Gasteiger partial charge in [-0.1, -0.05) is 67.6 Å². The fourth-order valence-corrected chi connectivity index (χ4v) is 5.42. The first-order chi connectivity index (χ1) is 20.3. The van der Waals surface area contributed by atoms with E-state index in [1.54, 1.807) is 6.07 Å². The second-order valence-corrected chi connectivity index (χ2v) is 10.3. The van der Waals surface area contributed by atoms with Crippen LogP contribution >= 0.6 is 0 Å². The Morgan fingerprint density at radius 3 is 2.36 bits per heavy atom. The van der Waals surface area contributed by atoms with Crippen molar-refractivity contribution in [3.05, 3.63) is 131 Å². The summed E-state index contributed by atoms with van der Waals surface area (Å²) in [6, 6.07) is 28.5. The van der Waals surface area contributed by atoms with Crippen LogP contribution in [0.2, 0.25) is 0 Å². The zero-order chi connectivity index (χ0) is 29.7. The van der Waals surface area contributed by atoms with E-state index in [9.17, 15) is 18.0 Å². The maximum atomic E-state index is 13.4. The fraction of sp³-hybridized carbons (Fsp3) is 0.229. The number of amides is 1. The maximum absolute atomic E-state index is 13.4. The van der Waals surface area contributed by atoms with Crippen molar-refractivity contribution in [3.8, 4) is 11.5 Å². The summed E-state index contributed by atoms with van der Waals surface area (Å²) in [6.07, 6.45) is -1.32. The highest BCUT2D eigenvalue weighted by molar-refractivity contribution is 5.89. The van der Waals surface area contributed by atoms with Gasteiger partial charge in [0.15, 0.2) is 0 Å². The standard InChI is InChI=1S/C35H33F3N2O2/c1-3-25-12-10-18-30-32(23-40(4-2)34(25)30)31(26-13-9-17-29(20-26)42-28-15-6-5-7-16-28)21-33(41)39-22-24-11-8-14-27(19-24)35(36,37)38/h5-20,23,31H,3-4,21-22H2,1-2H3,(H,39,41). The van der Waals surface area contributed by atoms with Crippen molar-refractivity contribution in [1.29, 1.82) is 0 Å². The molecular formula is C35H33F3N2O2. The lowest BCUT2D eigenvalue weighted by molar-refractivity contribution is -0.137. The van der Waals surface area contributed by atoms with E-state index in [0.29, 0.717) is 17.1 Å². The lowest BCUT2D eigenvalue weighted by Crippen LogP contribution is -2.25. The first-order valence-corrected chi connectivity index (χ1v) is 14.1. The molecule has 0 saturated carbocycles. The van der Waals surface area contributed by atoms with E-state index >= 15 is 0 Å². The van der Waals surface area contributed by atoms with Crippen LogP contribution < -0.4 is 10.1 Å². The molecule has 5 aromatic rings. The second-order valence-electron chi connectivity index (χ2n) is 10.3. The predicted octanol–water partition coefficient (Wildman–Crippen LogP) is 8.87. The van der Waals surface area contributed by atoms with Gasteiger partial charge in [0.25, 0.3) is 0 Å². The number of halogens is 3. The molecule has 0 spiro atoms. The average molecular weight is 571 g/mol. The van der Waals surface area contributed by atoms with E-state index in [-0.39, 0.29) is 24.8 Å². The molecule has 216 valence electrons. The van der Waals surface area contributed by atoms with E-state index in [0.717, 1.165) is 47.1 Å². The number of benzene rings is 4. The Morgan fingerprint density at radius 1 is 0.881 bits per heavy atom. The minimum Gasteiger partial charge on any atom is -0.457 e. The lowest BCUT2D eigenvalue weighted by atomic mass is 9.87. The summed E-state index contributed by atoms with van der Waals surface area (Å²) < 4.78 is 47.9. The monoisotopic (exact) mass is 570 g/mol. The van der Waals surface area contributed by atoms with E-state index in [4.69, 9.17) is 4.74 Å². The molecule has 0 aliphatic rings. The molecule has 0 aliphatic carbocycles. The van der Waals surface area contributed by atoms with Gasteiger partial charge in [-0.25, -0.2) is 0 Å². The van der Waals surface area contributed by atoms with Crippen LogP contribution in [0.1, 0.15) is 54.0 Å². The molecule has 5 rings (SSSR count). The van der Waals surface area contributed by atoms with E-state index < -0.39 is 11.7 Å². The number of nitrogens with one attached hydrogen (secondary N) is 1. The molecule has 4 aromatic carbocycles. The molecule has 1 N–H and O–H groups in total. The van der Waals surface area contributed by atoms with Crippen LogP contribution in [0.5, 0.6) is 11.5 Å². The normalized spacial score (nSPS) is 12.3. The predicted molar refractivity (Wildman–Crippen MR) is 160 cm³/mol. The first kappa shape index (κ1) is 29.0. The van der Waals surface area contributed by atoms with Crippen LogP contribution in [0.25, 0.3) is 10.9 Å². The van der Waals surface area contributed by atoms with Gasteiger partial charge in [-0.3, -0.25) is 4.79 Å². The number of aryl methyl sites for hydroxylation is 2. The quantitative estimate of drug-likeness (QED) is 0.182. The van der Waals surface area contributed by atoms with Gasteiger partial charge in [-0.2, -0.15) is 13.2 Å². The SMILES string of the molecule is CCc1cccc2c(C(CC(=O)NCc3cccc(C(F)(F)F)c3)c3cccc(Oc4ccccc4)c3)cn(CC)c12. The van der Waals surface area contributed by atoms with Crippen LogP contribution in [0.3, 0.4) is 0 Å². The van der Waals surface area contributed by atoms with E-state index in [1.165, 1.54) is 11.6 Å². The number of nitrogens with zero attached hydrogens (tertiary/aromatic N) is 1. The highest BCUT2D eigenvalue weighted by Gasteiger charge is 2.30. The fourth-order valence-electron chi connectivity index (χ4n) is 5.42. The van der Waals surface area contributed by atoms with Crippen molar-refractivity contribution in [1.82, 2.24) is 9.88 Å². The third kappa shape index (κ3) is 6.51. The van der Waals surface area contributed by atoms with Gasteiger partial charge in [-0.15, -0.1) is 0 Å². The van der Waals surface area contributed by atoms with Crippen LogP contribution in [-0.2, 0) is 30.5 Å². The van der Waals surface area contributed by atoms with Crippen molar-refractivity contribution in [2.24, 2.45) is 0 Å². The Labute approximate surface area is 243 Å². The van der Waals surface area contributed by atoms with Crippen LogP contribution in [0.15, 0.2) is 103 Å². The summed E-state index contributed by atoms with van der Waals surface area (Å²) in [4.78, 5) is 13.4. The van der Waals surface area contributed by atoms with Crippen molar-refractivity contribution in [3.63, 3.8) is 0 Å². The highest BCUT2D eigenvalue weighted by atomic mass is 19.4. The smallest absolute Gasteiger partial charge is 0.416 e. The molecule has 42 heavy (non-hydrogen) atoms. The van der Waals surface area contributed by atoms with Gasteiger partial charge >= 0.3 is 6.18 Å². The Hall–Kier alpha value is -4.52. The molecule has 7 heteroatoms. The zero-order valence-electron chi connectivity index (χ0n) is 23.6. The Bertz CT molecular complexity index is 1680. The molecule has 4 nitrogen and oxygen atoms in total. The number of para-hydroxylation sites is 2. The van der Waals surface area contributed by atoms with Gasteiger partial charge < -0.3 is 14.6 Å². The molecule has 1 heterocycles. The third-order valence-electron chi connectivity index (χ3n) is 7.48. The molecule has 0 fully saturated rings. The number of ether oxygens (including phenoxy) is 1. The van der Waals surface area contributed by atoms with Gasteiger partial charge in [-0.05, 0) is 72.0 Å². The largest absolute Gasteiger partial charge is 0.457 e. The molecular weight excluding hydrogens is 537 g/mol. The Balaban J connectivity index is 1.48. The average Bonchev–Trinajstić information content (AvgIpc) is 3.38. The van der Waals surface area contributed by atoms with E-state index in [2.05, 4.69) is 42.1 Å². The molecule has 0 radical (unpaired) electrons. The topological polar surface area (TPSA) is 43.3 Å². The summed E-state index contributed by atoms with van der Waals surface area (Å²) >= 11 is 0. The molecule has 1 amide bonds. The molecule has 1 aromatic heterocycles. The van der Waals surface area contributed by atoms with Gasteiger partial charge in [0, 0.05) is 37.0 Å². The minimum atomic E-state index is -4.44. The minimum absolute atomic E-state index is 0.00331. The number of hydrogen-bond donors (Lipinski definition) is 1. The second kappa shape index (κ2) is 12.6. The van der Waals surface area contributed by atoms with Crippen LogP contribution in [-0.4, -0.2) is 10.5 Å². The number of carbonyl (C=O) groups excluding carboxylic acids is 1. The number of carbonyl (C=O) groups is 1. The Morgan fingerprint density at radius 2 is 1.62 bits per heavy atom. The molecule has 1 atom stereocenters. The van der Waals surface area contributed by atoms with Gasteiger partial charge in [0.2, 0.25) is 5.91 Å². The highest BCUT2D eigenvalue weighted by Crippen LogP contribution is 2.38. The first-order valence-electron chi connectivity index (χ1n) is 14.1. The number of rotatable bonds is 10. The third-order valence-corrected chi connectivity index (χ3v) is 7.48. The van der Waals surface area contributed by atoms with Crippen molar-refractivity contribution < 1.29 is 22.7 Å². The van der Waals surface area contributed by atoms with Crippen molar-refractivity contribution in [2.75, 3.05) is 0 Å². The summed E-state index contributed by atoms with van der Waals surface area (Å²) in [6.45, 7) is 5.01. The van der Waals surface area contributed by atoms with Gasteiger partial charge in [0.1, 0.15) is 11.5 Å². The van der Waals surface area contributed by atoms with Crippen LogP contribution in [0.4, 0.5) is 13.2 Å². The maximum Gasteiger partial charge on any atom is 0.416 e. The number of alkyl halides is 3. The van der Waals surface area contributed by atoms with E-state index in [1.807, 2.05) is 60.7 Å². The molecule has 0 saturated heterocycles. The summed E-state index contributed by atoms with van der Waals surface area (Å²) in [7, 11) is 0. The number of fused-ring (bicyclic) bond motifs is 1. The molecule has 0 aliphatic heterocycles. The number of aromatic nitrogens is 1. The van der Waals surface area contributed by atoms with Crippen molar-refractivity contribution >= 4 is 16.8 Å². The lowest BCUT2D eigenvalue weighted by Gasteiger charge is -2.19.